The predicted molar refractivity (Wildman–Crippen MR) is 71.6 cm³/mol. The van der Waals surface area contributed by atoms with Gasteiger partial charge in [-0.3, -0.25) is 0 Å². The van der Waals surface area contributed by atoms with Gasteiger partial charge in [0.1, 0.15) is 0 Å². The van der Waals surface area contributed by atoms with Crippen LogP contribution in [-0.2, 0) is 4.74 Å². The Kier molecular flexibility index (Phi) is 8.40. The molecule has 0 radical (unpaired) electrons. The maximum Gasteiger partial charge on any atom is 0.335 e. The lowest BCUT2D eigenvalue weighted by atomic mass is 10.1. The van der Waals surface area contributed by atoms with Crippen molar-refractivity contribution in [2.45, 2.75) is 0 Å². The summed E-state index contributed by atoms with van der Waals surface area (Å²) in [7, 11) is 0. The van der Waals surface area contributed by atoms with Crippen molar-refractivity contribution in [3.8, 4) is 0 Å². The molecule has 0 aliphatic carbocycles. The van der Waals surface area contributed by atoms with Crippen molar-refractivity contribution in [2.24, 2.45) is 0 Å². The van der Waals surface area contributed by atoms with Crippen molar-refractivity contribution in [3.63, 3.8) is 0 Å². The molecule has 1 aromatic rings. The zero-order chi connectivity index (χ0) is 14.7. The van der Waals surface area contributed by atoms with E-state index in [0.29, 0.717) is 13.2 Å². The van der Waals surface area contributed by atoms with Gasteiger partial charge in [0.15, 0.2) is 0 Å². The molecule has 1 rings (SSSR count). The number of hydrogen-bond acceptors (Lipinski definition) is 3. The number of carbonyl (C=O) groups is 2. The SMILES string of the molecule is C=CCOCC=C.O=C(O)c1cccc(C(=O)O)c1. The van der Waals surface area contributed by atoms with Crippen molar-refractivity contribution in [1.29, 1.82) is 0 Å². The molecule has 2 N–H and O–H groups in total. The summed E-state index contributed by atoms with van der Waals surface area (Å²) in [6.07, 6.45) is 3.42. The van der Waals surface area contributed by atoms with Crippen LogP contribution in [0.4, 0.5) is 0 Å². The Morgan fingerprint density at radius 1 is 1.05 bits per heavy atom. The monoisotopic (exact) mass is 264 g/mol. The predicted octanol–water partition coefficient (Wildman–Crippen LogP) is 2.46. The standard InChI is InChI=1S/C8H6O4.C6H10O/c9-7(10)5-2-1-3-6(4-5)8(11)12;1-3-5-7-6-4-2/h1-4H,(H,9,10)(H,11,12);3-4H,1-2,5-6H2. The molecule has 0 fully saturated rings. The minimum Gasteiger partial charge on any atom is -0.478 e. The zero-order valence-corrected chi connectivity index (χ0v) is 10.4. The van der Waals surface area contributed by atoms with Gasteiger partial charge in [0.05, 0.1) is 24.3 Å². The fourth-order valence-electron chi connectivity index (χ4n) is 1.02. The van der Waals surface area contributed by atoms with Crippen LogP contribution in [0, 0.1) is 0 Å². The van der Waals surface area contributed by atoms with E-state index in [1.807, 2.05) is 0 Å². The fourth-order valence-corrected chi connectivity index (χ4v) is 1.02. The molecule has 0 heterocycles. The van der Waals surface area contributed by atoms with Crippen molar-refractivity contribution in [2.75, 3.05) is 13.2 Å². The molecule has 0 amide bonds. The Labute approximate surface area is 111 Å². The van der Waals surface area contributed by atoms with Gasteiger partial charge in [0, 0.05) is 0 Å². The number of benzene rings is 1. The summed E-state index contributed by atoms with van der Waals surface area (Å²) in [5.41, 5.74) is -0.0372. The first-order valence-corrected chi connectivity index (χ1v) is 5.39. The van der Waals surface area contributed by atoms with Crippen LogP contribution in [0.1, 0.15) is 20.7 Å². The van der Waals surface area contributed by atoms with Crippen molar-refractivity contribution < 1.29 is 24.5 Å². The largest absolute Gasteiger partial charge is 0.478 e. The lowest BCUT2D eigenvalue weighted by molar-refractivity contribution is 0.0696. The van der Waals surface area contributed by atoms with Crippen LogP contribution in [0.3, 0.4) is 0 Å². The van der Waals surface area contributed by atoms with Crippen LogP contribution in [-0.4, -0.2) is 35.4 Å². The molecular formula is C14H16O5. The van der Waals surface area contributed by atoms with E-state index in [9.17, 15) is 9.59 Å². The molecule has 0 spiro atoms. The van der Waals surface area contributed by atoms with Gasteiger partial charge < -0.3 is 14.9 Å². The normalized spacial score (nSPS) is 8.84. The highest BCUT2D eigenvalue weighted by Gasteiger charge is 2.06. The molecule has 102 valence electrons. The van der Waals surface area contributed by atoms with Gasteiger partial charge in [0.2, 0.25) is 0 Å². The number of hydrogen-bond donors (Lipinski definition) is 2. The molecule has 0 saturated carbocycles. The van der Waals surface area contributed by atoms with Crippen LogP contribution in [0.2, 0.25) is 0 Å². The number of rotatable bonds is 6. The van der Waals surface area contributed by atoms with E-state index in [1.165, 1.54) is 18.2 Å². The summed E-state index contributed by atoms with van der Waals surface area (Å²) in [4.78, 5) is 20.8. The summed E-state index contributed by atoms with van der Waals surface area (Å²) >= 11 is 0. The van der Waals surface area contributed by atoms with Crippen LogP contribution >= 0.6 is 0 Å². The molecule has 5 heteroatoms. The van der Waals surface area contributed by atoms with Crippen LogP contribution in [0.25, 0.3) is 0 Å². The van der Waals surface area contributed by atoms with Crippen molar-refractivity contribution in [3.05, 3.63) is 60.7 Å². The Bertz CT molecular complexity index is 414. The Morgan fingerprint density at radius 3 is 1.79 bits per heavy atom. The highest BCUT2D eigenvalue weighted by molar-refractivity contribution is 5.93. The molecule has 0 saturated heterocycles. The topological polar surface area (TPSA) is 83.8 Å². The fraction of sp³-hybridized carbons (Fsp3) is 0.143. The van der Waals surface area contributed by atoms with E-state index in [1.54, 1.807) is 12.2 Å². The van der Waals surface area contributed by atoms with E-state index >= 15 is 0 Å². The summed E-state index contributed by atoms with van der Waals surface area (Å²) < 4.78 is 4.90. The second kappa shape index (κ2) is 9.61. The quantitative estimate of drug-likeness (QED) is 0.609. The third kappa shape index (κ3) is 7.51. The molecule has 0 unspecified atom stereocenters. The molecule has 5 nitrogen and oxygen atoms in total. The molecule has 1 aromatic carbocycles. The van der Waals surface area contributed by atoms with Crippen molar-refractivity contribution >= 4 is 11.9 Å². The van der Waals surface area contributed by atoms with E-state index in [4.69, 9.17) is 14.9 Å². The summed E-state index contributed by atoms with van der Waals surface area (Å²) in [6.45, 7) is 8.18. The average Bonchev–Trinajstić information content (AvgIpc) is 2.40. The Hall–Kier alpha value is -2.40. The molecule has 19 heavy (non-hydrogen) atoms. The molecule has 0 aliphatic rings. The van der Waals surface area contributed by atoms with Gasteiger partial charge in [-0.05, 0) is 18.2 Å². The van der Waals surface area contributed by atoms with Gasteiger partial charge in [-0.25, -0.2) is 9.59 Å². The summed E-state index contributed by atoms with van der Waals surface area (Å²) in [5.74, 6) is -2.25. The number of carboxylic acid groups (broad SMARTS) is 2. The summed E-state index contributed by atoms with van der Waals surface area (Å²) in [6, 6.07) is 5.20. The Morgan fingerprint density at radius 2 is 1.47 bits per heavy atom. The van der Waals surface area contributed by atoms with Crippen molar-refractivity contribution in [1.82, 2.24) is 0 Å². The number of ether oxygens (including phenoxy) is 1. The average molecular weight is 264 g/mol. The maximum atomic E-state index is 10.4. The first-order valence-electron chi connectivity index (χ1n) is 5.39. The van der Waals surface area contributed by atoms with Crippen LogP contribution in [0.15, 0.2) is 49.6 Å². The summed E-state index contributed by atoms with van der Waals surface area (Å²) in [5, 5.41) is 17.0. The third-order valence-electron chi connectivity index (χ3n) is 1.83. The molecular weight excluding hydrogens is 248 g/mol. The van der Waals surface area contributed by atoms with E-state index in [2.05, 4.69) is 13.2 Å². The Balaban J connectivity index is 0.000000399. The van der Waals surface area contributed by atoms with Gasteiger partial charge in [-0.15, -0.1) is 13.2 Å². The minimum atomic E-state index is -1.13. The lowest BCUT2D eigenvalue weighted by Gasteiger charge is -1.95. The third-order valence-corrected chi connectivity index (χ3v) is 1.83. The first kappa shape index (κ1) is 16.6. The van der Waals surface area contributed by atoms with E-state index in [0.717, 1.165) is 6.07 Å². The lowest BCUT2D eigenvalue weighted by Crippen LogP contribution is -2.01. The first-order chi connectivity index (χ1) is 9.02. The zero-order valence-electron chi connectivity index (χ0n) is 10.4. The van der Waals surface area contributed by atoms with Crippen LogP contribution < -0.4 is 0 Å². The van der Waals surface area contributed by atoms with E-state index in [-0.39, 0.29) is 11.1 Å². The maximum absolute atomic E-state index is 10.4. The molecule has 0 aromatic heterocycles. The highest BCUT2D eigenvalue weighted by atomic mass is 16.5. The minimum absolute atomic E-state index is 0.0186. The highest BCUT2D eigenvalue weighted by Crippen LogP contribution is 2.04. The molecule has 0 bridgehead atoms. The number of aromatic carboxylic acids is 2. The molecule has 0 aliphatic heterocycles. The van der Waals surface area contributed by atoms with Gasteiger partial charge in [-0.2, -0.15) is 0 Å². The van der Waals surface area contributed by atoms with E-state index < -0.39 is 11.9 Å². The van der Waals surface area contributed by atoms with Crippen LogP contribution in [0.5, 0.6) is 0 Å². The second-order valence-electron chi connectivity index (χ2n) is 3.31. The van der Waals surface area contributed by atoms with Gasteiger partial charge >= 0.3 is 11.9 Å². The second-order valence-corrected chi connectivity index (χ2v) is 3.31. The smallest absolute Gasteiger partial charge is 0.335 e. The number of carboxylic acids is 2. The van der Waals surface area contributed by atoms with Gasteiger partial charge in [-0.1, -0.05) is 18.2 Å². The van der Waals surface area contributed by atoms with Gasteiger partial charge in [0.25, 0.3) is 0 Å². The molecule has 0 atom stereocenters.